The van der Waals surface area contributed by atoms with Crippen molar-refractivity contribution in [1.82, 2.24) is 10.7 Å². The van der Waals surface area contributed by atoms with E-state index in [1.165, 1.54) is 30.6 Å². The number of nitrogens with one attached hydrogen (secondary N) is 3. The van der Waals surface area contributed by atoms with Crippen LogP contribution in [-0.2, 0) is 5.54 Å². The number of rotatable bonds is 8. The van der Waals surface area contributed by atoms with Crippen LogP contribution in [0.2, 0.25) is 0 Å². The van der Waals surface area contributed by atoms with Gasteiger partial charge in [0.15, 0.2) is 0 Å². The third-order valence-corrected chi connectivity index (χ3v) is 4.90. The van der Waals surface area contributed by atoms with Crippen molar-refractivity contribution in [3.05, 3.63) is 84.0 Å². The Bertz CT molecular complexity index is 1250. The molecular weight excluding hydrogens is 533 g/mol. The molecule has 3 N–H and O–H groups in total. The summed E-state index contributed by atoms with van der Waals surface area (Å²) in [6.45, 7) is 4.49. The standard InChI is InChI=1S/C23H18F9N5O/c1-13(24)11-19(34-14(2)36-33-12-15-3-9-18(10-4-15)38-23(30,31)32)35-17-7-5-16(6-8-17)20(21(25,26)27)22(28,29)37-20/h3-12,35,37H,1H2,2H3,(H,34,36)/b19-11+,33-12?. The van der Waals surface area contributed by atoms with Gasteiger partial charge in [0, 0.05) is 11.8 Å². The summed E-state index contributed by atoms with van der Waals surface area (Å²) in [5.74, 6) is -1.42. The highest BCUT2D eigenvalue weighted by Gasteiger charge is 2.84. The Labute approximate surface area is 209 Å². The number of halogens is 9. The first-order valence-corrected chi connectivity index (χ1v) is 10.4. The minimum Gasteiger partial charge on any atom is -0.406 e. The second kappa shape index (κ2) is 10.4. The molecule has 38 heavy (non-hydrogen) atoms. The quantitative estimate of drug-likeness (QED) is 0.0683. The number of hydrogen-bond acceptors (Lipinski definition) is 5. The summed E-state index contributed by atoms with van der Waals surface area (Å²) >= 11 is 0. The maximum Gasteiger partial charge on any atom is 0.573 e. The Balaban J connectivity index is 1.68. The van der Waals surface area contributed by atoms with E-state index < -0.39 is 41.3 Å². The van der Waals surface area contributed by atoms with Crippen LogP contribution in [0.1, 0.15) is 18.1 Å². The molecule has 1 aliphatic heterocycles. The second-order valence-corrected chi connectivity index (χ2v) is 7.81. The molecule has 0 radical (unpaired) electrons. The average Bonchev–Trinajstić information content (AvgIpc) is 3.38. The summed E-state index contributed by atoms with van der Waals surface area (Å²) in [5.41, 5.74) is -1.21. The maximum atomic E-state index is 13.5. The zero-order valence-electron chi connectivity index (χ0n) is 19.2. The van der Waals surface area contributed by atoms with Crippen LogP contribution in [0.3, 0.4) is 0 Å². The molecule has 0 aliphatic carbocycles. The van der Waals surface area contributed by atoms with Gasteiger partial charge in [-0.25, -0.2) is 14.7 Å². The molecular formula is C23H18F9N5O. The lowest BCUT2D eigenvalue weighted by Gasteiger charge is -2.18. The van der Waals surface area contributed by atoms with E-state index in [0.717, 1.165) is 42.5 Å². The Morgan fingerprint density at radius 2 is 1.58 bits per heavy atom. The molecule has 1 atom stereocenters. The Kier molecular flexibility index (Phi) is 7.81. The van der Waals surface area contributed by atoms with Gasteiger partial charge in [0.1, 0.15) is 23.2 Å². The number of benzene rings is 2. The first-order valence-electron chi connectivity index (χ1n) is 10.4. The highest BCUT2D eigenvalue weighted by atomic mass is 19.4. The minimum atomic E-state index is -5.26. The topological polar surface area (TPSA) is 80.0 Å². The normalized spacial score (nSPS) is 19.8. The van der Waals surface area contributed by atoms with Crippen LogP contribution in [0, 0.1) is 0 Å². The molecule has 2 aromatic rings. The second-order valence-electron chi connectivity index (χ2n) is 7.81. The van der Waals surface area contributed by atoms with E-state index in [4.69, 9.17) is 0 Å². The molecule has 2 aromatic carbocycles. The number of anilines is 1. The molecule has 1 saturated heterocycles. The zero-order valence-corrected chi connectivity index (χ0v) is 19.2. The van der Waals surface area contributed by atoms with Crippen molar-refractivity contribution in [2.75, 3.05) is 5.32 Å². The van der Waals surface area contributed by atoms with Gasteiger partial charge in [0.25, 0.3) is 0 Å². The van der Waals surface area contributed by atoms with Crippen LogP contribution in [0.5, 0.6) is 5.75 Å². The molecule has 0 bridgehead atoms. The lowest BCUT2D eigenvalue weighted by molar-refractivity contribution is -0.274. The van der Waals surface area contributed by atoms with Gasteiger partial charge in [-0.05, 0) is 54.4 Å². The number of allylic oxidation sites excluding steroid dienone is 2. The summed E-state index contributed by atoms with van der Waals surface area (Å²) < 4.78 is 121. The summed E-state index contributed by atoms with van der Waals surface area (Å²) in [6, 6.07) is 4.45. The smallest absolute Gasteiger partial charge is 0.406 e. The molecule has 1 aliphatic rings. The zero-order chi connectivity index (χ0) is 28.4. The highest BCUT2D eigenvalue weighted by Crippen LogP contribution is 2.59. The third-order valence-electron chi connectivity index (χ3n) is 4.90. The fourth-order valence-electron chi connectivity index (χ4n) is 3.23. The van der Waals surface area contributed by atoms with Crippen molar-refractivity contribution < 1.29 is 44.3 Å². The fourth-order valence-corrected chi connectivity index (χ4v) is 3.23. The Morgan fingerprint density at radius 1 is 1.00 bits per heavy atom. The van der Waals surface area contributed by atoms with E-state index in [1.54, 1.807) is 0 Å². The monoisotopic (exact) mass is 551 g/mol. The van der Waals surface area contributed by atoms with Gasteiger partial charge < -0.3 is 10.1 Å². The third kappa shape index (κ3) is 6.85. The molecule has 0 spiro atoms. The molecule has 6 nitrogen and oxygen atoms in total. The van der Waals surface area contributed by atoms with Gasteiger partial charge in [-0.1, -0.05) is 18.7 Å². The first kappa shape index (κ1) is 28.6. The molecule has 0 amide bonds. The minimum absolute atomic E-state index is 0.0905. The van der Waals surface area contributed by atoms with Gasteiger partial charge in [-0.15, -0.1) is 13.2 Å². The van der Waals surface area contributed by atoms with Crippen molar-refractivity contribution in [2.24, 2.45) is 10.1 Å². The van der Waals surface area contributed by atoms with Crippen molar-refractivity contribution in [3.63, 3.8) is 0 Å². The van der Waals surface area contributed by atoms with Crippen LogP contribution in [0.15, 0.2) is 82.9 Å². The van der Waals surface area contributed by atoms with Crippen molar-refractivity contribution in [1.29, 1.82) is 0 Å². The molecule has 1 unspecified atom stereocenters. The number of amidine groups is 1. The summed E-state index contributed by atoms with van der Waals surface area (Å²) in [7, 11) is 0. The first-order chi connectivity index (χ1) is 17.5. The predicted molar refractivity (Wildman–Crippen MR) is 121 cm³/mol. The van der Waals surface area contributed by atoms with E-state index >= 15 is 0 Å². The molecule has 204 valence electrons. The van der Waals surface area contributed by atoms with E-state index in [1.807, 2.05) is 0 Å². The highest BCUT2D eigenvalue weighted by molar-refractivity contribution is 5.84. The van der Waals surface area contributed by atoms with Crippen LogP contribution in [0.4, 0.5) is 45.2 Å². The molecule has 1 fully saturated rings. The van der Waals surface area contributed by atoms with Gasteiger partial charge in [-0.3, -0.25) is 5.43 Å². The number of nitrogens with zero attached hydrogens (tertiary/aromatic N) is 2. The Morgan fingerprint density at radius 3 is 2.05 bits per heavy atom. The lowest BCUT2D eigenvalue weighted by Crippen LogP contribution is -2.36. The van der Waals surface area contributed by atoms with Gasteiger partial charge in [-0.2, -0.15) is 27.1 Å². The Hall–Kier alpha value is -4.01. The largest absolute Gasteiger partial charge is 0.573 e. The summed E-state index contributed by atoms with van der Waals surface area (Å²) in [4.78, 5) is 4.03. The number of alkyl halides is 8. The molecule has 3 rings (SSSR count). The van der Waals surface area contributed by atoms with Crippen molar-refractivity contribution in [3.8, 4) is 5.75 Å². The van der Waals surface area contributed by atoms with E-state index in [9.17, 15) is 39.5 Å². The molecule has 0 saturated carbocycles. The van der Waals surface area contributed by atoms with Crippen LogP contribution < -0.4 is 20.8 Å². The van der Waals surface area contributed by atoms with Crippen molar-refractivity contribution in [2.45, 2.75) is 31.0 Å². The predicted octanol–water partition coefficient (Wildman–Crippen LogP) is 6.32. The molecule has 0 aromatic heterocycles. The van der Waals surface area contributed by atoms with Gasteiger partial charge >= 0.3 is 18.6 Å². The van der Waals surface area contributed by atoms with Gasteiger partial charge in [0.05, 0.1) is 6.21 Å². The number of ether oxygens (including phenoxy) is 1. The molecule has 15 heteroatoms. The number of aliphatic imine (C=N–C) groups is 1. The molecule has 1 heterocycles. The SMILES string of the molecule is C=C(F)/C=C(\N=C(/C)NN=Cc1ccc(OC(F)(F)F)cc1)Nc1ccc(C2(C(F)(F)F)NC2(F)F)cc1. The van der Waals surface area contributed by atoms with Crippen LogP contribution in [-0.4, -0.2) is 30.6 Å². The van der Waals surface area contributed by atoms with Gasteiger partial charge in [0.2, 0.25) is 5.54 Å². The number of hydrogen-bond donors (Lipinski definition) is 3. The van der Waals surface area contributed by atoms with E-state index in [-0.39, 0.29) is 17.3 Å². The summed E-state index contributed by atoms with van der Waals surface area (Å²) in [5, 5.41) is 7.65. The fraction of sp³-hybridized carbons (Fsp3) is 0.217. The van der Waals surface area contributed by atoms with Crippen LogP contribution >= 0.6 is 0 Å². The maximum absolute atomic E-state index is 13.5. The average molecular weight is 551 g/mol. The van der Waals surface area contributed by atoms with E-state index in [0.29, 0.717) is 5.56 Å². The van der Waals surface area contributed by atoms with E-state index in [2.05, 4.69) is 32.2 Å². The lowest BCUT2D eigenvalue weighted by atomic mass is 9.97. The van der Waals surface area contributed by atoms with Crippen molar-refractivity contribution >= 4 is 17.7 Å². The van der Waals surface area contributed by atoms with Crippen LogP contribution in [0.25, 0.3) is 0 Å². The summed E-state index contributed by atoms with van der Waals surface area (Å²) in [6.07, 6.45) is -7.98. The number of hydrazone groups is 1.